The predicted molar refractivity (Wildman–Crippen MR) is 120 cm³/mol. The number of ether oxygens (including phenoxy) is 2. The van der Waals surface area contributed by atoms with Crippen molar-refractivity contribution in [2.75, 3.05) is 26.8 Å². The zero-order valence-corrected chi connectivity index (χ0v) is 18.4. The maximum atomic E-state index is 12.1. The van der Waals surface area contributed by atoms with E-state index in [2.05, 4.69) is 21.6 Å². The fraction of sp³-hybridized carbons (Fsp3) is 0.440. The summed E-state index contributed by atoms with van der Waals surface area (Å²) in [5.41, 5.74) is 4.62. The number of aliphatic hydroxyl groups excluding tert-OH is 1. The number of hydrogen-bond acceptors (Lipinski definition) is 6. The van der Waals surface area contributed by atoms with E-state index in [0.29, 0.717) is 11.5 Å². The molecule has 32 heavy (non-hydrogen) atoms. The van der Waals surface area contributed by atoms with Crippen LogP contribution in [0.1, 0.15) is 46.1 Å². The van der Waals surface area contributed by atoms with Crippen molar-refractivity contribution in [2.24, 2.45) is 0 Å². The molecule has 1 aromatic heterocycles. The fourth-order valence-electron chi connectivity index (χ4n) is 4.77. The Balaban J connectivity index is 1.39. The number of nitrogens with zero attached hydrogens (tertiary/aromatic N) is 3. The van der Waals surface area contributed by atoms with Gasteiger partial charge in [0.15, 0.2) is 0 Å². The van der Waals surface area contributed by atoms with E-state index in [1.54, 1.807) is 6.07 Å². The second-order valence-electron chi connectivity index (χ2n) is 8.74. The lowest BCUT2D eigenvalue weighted by atomic mass is 9.97. The quantitative estimate of drug-likeness (QED) is 0.575. The smallest absolute Gasteiger partial charge is 0.337 e. The number of carbonyl (C=O) groups excluding carboxylic acids is 1. The molecular formula is C25H29N3O4. The van der Waals surface area contributed by atoms with Gasteiger partial charge in [0.1, 0.15) is 5.82 Å². The van der Waals surface area contributed by atoms with Crippen LogP contribution in [0, 0.1) is 0 Å². The molecule has 1 N–H and O–H groups in total. The standard InChI is InChI=1S/C25H29N3O4/c1-31-25(30)19-5-6-22-23(12-19)28(14-21-8-10-32-21)24(26-22)15-27-9-7-20(13-27)18-4-2-3-17(11-18)16-29/h2-6,11-12,20-21,29H,7-10,13-16H2,1H3. The fourth-order valence-corrected chi connectivity index (χ4v) is 4.77. The Morgan fingerprint density at radius 3 is 2.88 bits per heavy atom. The molecule has 0 bridgehead atoms. The maximum Gasteiger partial charge on any atom is 0.337 e. The summed E-state index contributed by atoms with van der Waals surface area (Å²) in [6.45, 7) is 4.35. The minimum absolute atomic E-state index is 0.0745. The van der Waals surface area contributed by atoms with Crippen molar-refractivity contribution in [3.8, 4) is 0 Å². The van der Waals surface area contributed by atoms with E-state index >= 15 is 0 Å². The van der Waals surface area contributed by atoms with E-state index in [9.17, 15) is 9.90 Å². The Hall–Kier alpha value is -2.74. The van der Waals surface area contributed by atoms with Crippen LogP contribution in [0.2, 0.25) is 0 Å². The Kier molecular flexibility index (Phi) is 5.95. The van der Waals surface area contributed by atoms with Gasteiger partial charge in [0.2, 0.25) is 0 Å². The first-order chi connectivity index (χ1) is 15.6. The maximum absolute atomic E-state index is 12.1. The van der Waals surface area contributed by atoms with Crippen LogP contribution >= 0.6 is 0 Å². The van der Waals surface area contributed by atoms with E-state index in [1.165, 1.54) is 12.7 Å². The largest absolute Gasteiger partial charge is 0.465 e. The van der Waals surface area contributed by atoms with Crippen LogP contribution < -0.4 is 0 Å². The third-order valence-electron chi connectivity index (χ3n) is 6.67. The van der Waals surface area contributed by atoms with Gasteiger partial charge in [-0.1, -0.05) is 24.3 Å². The predicted octanol–water partition coefficient (Wildman–Crippen LogP) is 3.09. The molecule has 2 unspecified atom stereocenters. The molecule has 2 fully saturated rings. The Morgan fingerprint density at radius 1 is 1.25 bits per heavy atom. The highest BCUT2D eigenvalue weighted by Crippen LogP contribution is 2.30. The van der Waals surface area contributed by atoms with Crippen LogP contribution in [-0.4, -0.2) is 58.4 Å². The van der Waals surface area contributed by atoms with Crippen molar-refractivity contribution in [2.45, 2.75) is 44.6 Å². The number of aliphatic hydroxyl groups is 1. The first-order valence-electron chi connectivity index (χ1n) is 11.3. The molecule has 3 heterocycles. The number of carbonyl (C=O) groups is 1. The highest BCUT2D eigenvalue weighted by atomic mass is 16.5. The molecule has 2 aliphatic rings. The van der Waals surface area contributed by atoms with E-state index in [0.717, 1.165) is 68.0 Å². The third kappa shape index (κ3) is 4.16. The lowest BCUT2D eigenvalue weighted by Gasteiger charge is -2.28. The Morgan fingerprint density at radius 2 is 2.12 bits per heavy atom. The molecule has 0 aliphatic carbocycles. The topological polar surface area (TPSA) is 76.8 Å². The van der Waals surface area contributed by atoms with Gasteiger partial charge in [-0.05, 0) is 54.6 Å². The van der Waals surface area contributed by atoms with Crippen LogP contribution in [0.3, 0.4) is 0 Å². The average molecular weight is 436 g/mol. The zero-order valence-electron chi connectivity index (χ0n) is 18.4. The van der Waals surface area contributed by atoms with Gasteiger partial charge in [0.25, 0.3) is 0 Å². The highest BCUT2D eigenvalue weighted by molar-refractivity contribution is 5.93. The van der Waals surface area contributed by atoms with E-state index in [-0.39, 0.29) is 18.7 Å². The molecule has 168 valence electrons. The number of imidazole rings is 1. The SMILES string of the molecule is COC(=O)c1ccc2nc(CN3CCC(c4cccc(CO)c4)C3)n(CC3CCO3)c2c1. The van der Waals surface area contributed by atoms with E-state index in [4.69, 9.17) is 14.5 Å². The van der Waals surface area contributed by atoms with Crippen LogP contribution in [0.15, 0.2) is 42.5 Å². The molecule has 7 heteroatoms. The second kappa shape index (κ2) is 9.02. The van der Waals surface area contributed by atoms with Crippen molar-refractivity contribution >= 4 is 17.0 Å². The van der Waals surface area contributed by atoms with Gasteiger partial charge in [-0.3, -0.25) is 4.90 Å². The molecular weight excluding hydrogens is 406 g/mol. The summed E-state index contributed by atoms with van der Waals surface area (Å²) < 4.78 is 12.8. The van der Waals surface area contributed by atoms with Crippen LogP contribution in [0.25, 0.3) is 11.0 Å². The average Bonchev–Trinajstić information content (AvgIpc) is 3.40. The molecule has 2 saturated heterocycles. The van der Waals surface area contributed by atoms with Crippen molar-refractivity contribution in [3.05, 3.63) is 65.0 Å². The number of benzene rings is 2. The number of methoxy groups -OCH3 is 1. The molecule has 2 atom stereocenters. The van der Waals surface area contributed by atoms with Gasteiger partial charge >= 0.3 is 5.97 Å². The van der Waals surface area contributed by atoms with Crippen molar-refractivity contribution in [3.63, 3.8) is 0 Å². The molecule has 7 nitrogen and oxygen atoms in total. The van der Waals surface area contributed by atoms with Gasteiger partial charge in [-0.25, -0.2) is 9.78 Å². The first kappa shape index (κ1) is 21.1. The lowest BCUT2D eigenvalue weighted by molar-refractivity contribution is -0.0591. The summed E-state index contributed by atoms with van der Waals surface area (Å²) in [6.07, 6.45) is 2.33. The van der Waals surface area contributed by atoms with Gasteiger partial charge in [-0.15, -0.1) is 0 Å². The molecule has 5 rings (SSSR count). The summed E-state index contributed by atoms with van der Waals surface area (Å²) in [4.78, 5) is 19.4. The van der Waals surface area contributed by atoms with Crippen LogP contribution in [0.5, 0.6) is 0 Å². The molecule has 2 aromatic carbocycles. The van der Waals surface area contributed by atoms with E-state index in [1.807, 2.05) is 24.3 Å². The Labute approximate surface area is 187 Å². The van der Waals surface area contributed by atoms with Crippen LogP contribution in [0.4, 0.5) is 0 Å². The summed E-state index contributed by atoms with van der Waals surface area (Å²) in [5.74, 6) is 1.12. The second-order valence-corrected chi connectivity index (χ2v) is 8.74. The number of hydrogen-bond donors (Lipinski definition) is 1. The minimum Gasteiger partial charge on any atom is -0.465 e. The molecule has 0 spiro atoms. The Bertz CT molecular complexity index is 1120. The monoisotopic (exact) mass is 435 g/mol. The molecule has 0 saturated carbocycles. The third-order valence-corrected chi connectivity index (χ3v) is 6.67. The van der Waals surface area contributed by atoms with Gasteiger partial charge in [0.05, 0.1) is 49.5 Å². The zero-order chi connectivity index (χ0) is 22.1. The van der Waals surface area contributed by atoms with Gasteiger partial charge in [-0.2, -0.15) is 0 Å². The van der Waals surface area contributed by atoms with E-state index < -0.39 is 0 Å². The summed E-state index contributed by atoms with van der Waals surface area (Å²) >= 11 is 0. The van der Waals surface area contributed by atoms with Gasteiger partial charge in [0, 0.05) is 13.2 Å². The van der Waals surface area contributed by atoms with Crippen molar-refractivity contribution in [1.29, 1.82) is 0 Å². The molecule has 2 aliphatic heterocycles. The number of aromatic nitrogens is 2. The number of esters is 1. The summed E-state index contributed by atoms with van der Waals surface area (Å²) in [6, 6.07) is 13.8. The van der Waals surface area contributed by atoms with Crippen LogP contribution in [-0.2, 0) is 29.2 Å². The van der Waals surface area contributed by atoms with Gasteiger partial charge < -0.3 is 19.1 Å². The number of likely N-dealkylation sites (tertiary alicyclic amines) is 1. The molecule has 0 amide bonds. The summed E-state index contributed by atoms with van der Waals surface area (Å²) in [7, 11) is 1.40. The molecule has 0 radical (unpaired) electrons. The highest BCUT2D eigenvalue weighted by Gasteiger charge is 2.27. The number of rotatable bonds is 7. The van der Waals surface area contributed by atoms with Crippen molar-refractivity contribution < 1.29 is 19.4 Å². The lowest BCUT2D eigenvalue weighted by Crippen LogP contribution is -2.32. The minimum atomic E-state index is -0.339. The number of fused-ring (bicyclic) bond motifs is 1. The molecule has 3 aromatic rings. The normalized spacial score (nSPS) is 21.1. The summed E-state index contributed by atoms with van der Waals surface area (Å²) in [5, 5.41) is 9.46. The first-order valence-corrected chi connectivity index (χ1v) is 11.3. The van der Waals surface area contributed by atoms with Crippen molar-refractivity contribution in [1.82, 2.24) is 14.5 Å².